The van der Waals surface area contributed by atoms with E-state index in [1.807, 2.05) is 54.7 Å². The highest BCUT2D eigenvalue weighted by atomic mass is 16.5. The Balaban J connectivity index is 1.43. The summed E-state index contributed by atoms with van der Waals surface area (Å²) in [5.41, 5.74) is 5.98. The van der Waals surface area contributed by atoms with E-state index >= 15 is 0 Å². The number of methoxy groups -OCH3 is 1. The minimum Gasteiger partial charge on any atom is -0.497 e. The van der Waals surface area contributed by atoms with Crippen molar-refractivity contribution < 1.29 is 9.53 Å². The molecule has 1 amide bonds. The first-order valence-electron chi connectivity index (χ1n) is 10.6. The van der Waals surface area contributed by atoms with Crippen LogP contribution in [0.1, 0.15) is 15.9 Å². The van der Waals surface area contributed by atoms with Crippen molar-refractivity contribution in [2.75, 3.05) is 13.7 Å². The highest BCUT2D eigenvalue weighted by Gasteiger charge is 2.12. The van der Waals surface area contributed by atoms with Crippen LogP contribution in [0.4, 0.5) is 0 Å². The summed E-state index contributed by atoms with van der Waals surface area (Å²) < 4.78 is 5.30. The number of carbonyl (C=O) groups is 1. The highest BCUT2D eigenvalue weighted by molar-refractivity contribution is 6.13. The van der Waals surface area contributed by atoms with Gasteiger partial charge in [0.25, 0.3) is 5.91 Å². The number of amides is 1. The molecular weight excluding hydrogens is 398 g/mol. The molecule has 2 aromatic heterocycles. The molecule has 5 aromatic rings. The number of aromatic amines is 1. The van der Waals surface area contributed by atoms with Gasteiger partial charge in [-0.1, -0.05) is 36.4 Å². The van der Waals surface area contributed by atoms with E-state index in [4.69, 9.17) is 4.74 Å². The summed E-state index contributed by atoms with van der Waals surface area (Å²) in [6.07, 6.45) is 2.58. The number of hydrogen-bond acceptors (Lipinski definition) is 3. The lowest BCUT2D eigenvalue weighted by Crippen LogP contribution is -2.25. The molecule has 2 N–H and O–H groups in total. The number of pyridine rings is 1. The number of nitrogens with zero attached hydrogens (tertiary/aromatic N) is 1. The van der Waals surface area contributed by atoms with Gasteiger partial charge in [0, 0.05) is 34.6 Å². The van der Waals surface area contributed by atoms with Crippen LogP contribution in [-0.2, 0) is 6.42 Å². The standard InChI is InChI=1S/C27H23N3O2/c1-32-21-10-8-19(9-11-21)22-14-16-28-26-25(22)23-17-18(7-12-24(23)30-26)13-15-29-27(31)20-5-3-2-4-6-20/h2-12,14,16-17H,13,15H2,1H3,(H,28,30)(H,29,31). The summed E-state index contributed by atoms with van der Waals surface area (Å²) in [5, 5.41) is 5.23. The number of ether oxygens (including phenoxy) is 1. The van der Waals surface area contributed by atoms with Gasteiger partial charge >= 0.3 is 0 Å². The van der Waals surface area contributed by atoms with Crippen molar-refractivity contribution >= 4 is 27.8 Å². The molecular formula is C27H23N3O2. The van der Waals surface area contributed by atoms with Crippen LogP contribution in [0.3, 0.4) is 0 Å². The molecule has 3 aromatic carbocycles. The molecule has 0 bridgehead atoms. The van der Waals surface area contributed by atoms with Gasteiger partial charge in [-0.05, 0) is 65.6 Å². The van der Waals surface area contributed by atoms with Gasteiger partial charge in [-0.25, -0.2) is 4.98 Å². The maximum absolute atomic E-state index is 12.3. The Morgan fingerprint density at radius 2 is 1.81 bits per heavy atom. The Morgan fingerprint density at radius 1 is 1.00 bits per heavy atom. The number of aromatic nitrogens is 2. The van der Waals surface area contributed by atoms with Crippen molar-refractivity contribution in [3.63, 3.8) is 0 Å². The van der Waals surface area contributed by atoms with E-state index in [-0.39, 0.29) is 5.91 Å². The molecule has 5 rings (SSSR count). The average molecular weight is 422 g/mol. The Bertz CT molecular complexity index is 1390. The number of rotatable bonds is 6. The summed E-state index contributed by atoms with van der Waals surface area (Å²) in [7, 11) is 1.67. The molecule has 0 fully saturated rings. The quantitative estimate of drug-likeness (QED) is 0.388. The average Bonchev–Trinajstić information content (AvgIpc) is 3.23. The smallest absolute Gasteiger partial charge is 0.251 e. The Hall–Kier alpha value is -4.12. The van der Waals surface area contributed by atoms with Crippen LogP contribution < -0.4 is 10.1 Å². The number of hydrogen-bond donors (Lipinski definition) is 2. The maximum Gasteiger partial charge on any atom is 0.251 e. The lowest BCUT2D eigenvalue weighted by molar-refractivity contribution is 0.0954. The molecule has 0 atom stereocenters. The van der Waals surface area contributed by atoms with Gasteiger partial charge in [0.05, 0.1) is 7.11 Å². The van der Waals surface area contributed by atoms with Crippen molar-refractivity contribution in [1.29, 1.82) is 0 Å². The fraction of sp³-hybridized carbons (Fsp3) is 0.111. The van der Waals surface area contributed by atoms with Crippen LogP contribution in [-0.4, -0.2) is 29.5 Å². The van der Waals surface area contributed by atoms with Gasteiger partial charge in [0.1, 0.15) is 11.4 Å². The van der Waals surface area contributed by atoms with E-state index < -0.39 is 0 Å². The zero-order valence-corrected chi connectivity index (χ0v) is 17.8. The predicted octanol–water partition coefficient (Wildman–Crippen LogP) is 5.36. The molecule has 0 unspecified atom stereocenters. The SMILES string of the molecule is COc1ccc(-c2ccnc3[nH]c4ccc(CCNC(=O)c5ccccc5)cc4c23)cc1. The lowest BCUT2D eigenvalue weighted by atomic mass is 10.00. The first-order valence-corrected chi connectivity index (χ1v) is 10.6. The number of fused-ring (bicyclic) bond motifs is 3. The van der Waals surface area contributed by atoms with Crippen molar-refractivity contribution in [3.8, 4) is 16.9 Å². The van der Waals surface area contributed by atoms with Crippen LogP contribution in [0.15, 0.2) is 85.1 Å². The van der Waals surface area contributed by atoms with E-state index in [0.29, 0.717) is 12.1 Å². The zero-order chi connectivity index (χ0) is 21.9. The normalized spacial score (nSPS) is 11.0. The van der Waals surface area contributed by atoms with Gasteiger partial charge < -0.3 is 15.0 Å². The van der Waals surface area contributed by atoms with Crippen LogP contribution in [0.25, 0.3) is 33.1 Å². The van der Waals surface area contributed by atoms with Crippen LogP contribution in [0.5, 0.6) is 5.75 Å². The number of nitrogens with one attached hydrogen (secondary N) is 2. The fourth-order valence-corrected chi connectivity index (χ4v) is 4.04. The van der Waals surface area contributed by atoms with Gasteiger partial charge in [-0.15, -0.1) is 0 Å². The first kappa shape index (κ1) is 19.8. The second kappa shape index (κ2) is 8.55. The van der Waals surface area contributed by atoms with E-state index in [2.05, 4.69) is 45.6 Å². The number of H-pyrrole nitrogens is 1. The molecule has 5 nitrogen and oxygen atoms in total. The molecule has 0 aliphatic heterocycles. The lowest BCUT2D eigenvalue weighted by Gasteiger charge is -2.07. The molecule has 0 spiro atoms. The highest BCUT2D eigenvalue weighted by Crippen LogP contribution is 2.34. The third-order valence-electron chi connectivity index (χ3n) is 5.69. The predicted molar refractivity (Wildman–Crippen MR) is 128 cm³/mol. The van der Waals surface area contributed by atoms with E-state index in [0.717, 1.165) is 50.8 Å². The maximum atomic E-state index is 12.3. The molecule has 0 saturated heterocycles. The summed E-state index contributed by atoms with van der Waals surface area (Å²) in [6.45, 7) is 0.575. The topological polar surface area (TPSA) is 67.0 Å². The molecule has 5 heteroatoms. The van der Waals surface area contributed by atoms with Gasteiger partial charge in [-0.3, -0.25) is 4.79 Å². The van der Waals surface area contributed by atoms with E-state index in [9.17, 15) is 4.79 Å². The van der Waals surface area contributed by atoms with Crippen LogP contribution in [0.2, 0.25) is 0 Å². The van der Waals surface area contributed by atoms with Crippen molar-refractivity contribution in [2.45, 2.75) is 6.42 Å². The summed E-state index contributed by atoms with van der Waals surface area (Å²) in [4.78, 5) is 20.3. The van der Waals surface area contributed by atoms with Gasteiger partial charge in [-0.2, -0.15) is 0 Å². The van der Waals surface area contributed by atoms with Crippen molar-refractivity contribution in [3.05, 3.63) is 96.2 Å². The second-order valence-electron chi connectivity index (χ2n) is 7.69. The monoisotopic (exact) mass is 421 g/mol. The molecule has 32 heavy (non-hydrogen) atoms. The third-order valence-corrected chi connectivity index (χ3v) is 5.69. The molecule has 158 valence electrons. The van der Waals surface area contributed by atoms with Crippen molar-refractivity contribution in [1.82, 2.24) is 15.3 Å². The largest absolute Gasteiger partial charge is 0.497 e. The zero-order valence-electron chi connectivity index (χ0n) is 17.8. The Labute approximate surface area is 186 Å². The molecule has 0 aliphatic rings. The van der Waals surface area contributed by atoms with Crippen molar-refractivity contribution in [2.24, 2.45) is 0 Å². The van der Waals surface area contributed by atoms with Crippen LogP contribution >= 0.6 is 0 Å². The molecule has 0 radical (unpaired) electrons. The summed E-state index contributed by atoms with van der Waals surface area (Å²) >= 11 is 0. The Morgan fingerprint density at radius 3 is 2.59 bits per heavy atom. The molecule has 0 aliphatic carbocycles. The van der Waals surface area contributed by atoms with Gasteiger partial charge in [0.2, 0.25) is 0 Å². The van der Waals surface area contributed by atoms with Crippen LogP contribution in [0, 0.1) is 0 Å². The summed E-state index contributed by atoms with van der Waals surface area (Å²) in [5.74, 6) is 0.780. The minimum atomic E-state index is -0.0511. The second-order valence-corrected chi connectivity index (χ2v) is 7.69. The Kier molecular flexibility index (Phi) is 5.30. The van der Waals surface area contributed by atoms with E-state index in [1.54, 1.807) is 7.11 Å². The van der Waals surface area contributed by atoms with Gasteiger partial charge in [0.15, 0.2) is 0 Å². The first-order chi connectivity index (χ1) is 15.7. The third kappa shape index (κ3) is 3.81. The number of benzene rings is 3. The minimum absolute atomic E-state index is 0.0511. The number of carbonyl (C=O) groups excluding carboxylic acids is 1. The summed E-state index contributed by atoms with van der Waals surface area (Å²) in [6, 6.07) is 25.8. The van der Waals surface area contributed by atoms with E-state index in [1.165, 1.54) is 0 Å². The molecule has 0 saturated carbocycles. The molecule has 2 heterocycles. The fourth-order valence-electron chi connectivity index (χ4n) is 4.04.